The first-order valence-electron chi connectivity index (χ1n) is 3.99. The van der Waals surface area contributed by atoms with Gasteiger partial charge in [0.2, 0.25) is 0 Å². The lowest BCUT2D eigenvalue weighted by atomic mass is 10.3. The summed E-state index contributed by atoms with van der Waals surface area (Å²) in [5.41, 5.74) is 0.0509. The van der Waals surface area contributed by atoms with Crippen molar-refractivity contribution < 1.29 is 17.9 Å². The maximum Gasteiger partial charge on any atom is 0.506 e. The van der Waals surface area contributed by atoms with Crippen molar-refractivity contribution in [2.24, 2.45) is 0 Å². The molecule has 0 aliphatic carbocycles. The van der Waals surface area contributed by atoms with Crippen LogP contribution in [0.3, 0.4) is 0 Å². The van der Waals surface area contributed by atoms with Crippen LogP contribution in [0.15, 0.2) is 18.2 Å². The van der Waals surface area contributed by atoms with E-state index in [2.05, 4.69) is 10.3 Å². The summed E-state index contributed by atoms with van der Waals surface area (Å²) in [4.78, 5) is 0. The van der Waals surface area contributed by atoms with Crippen molar-refractivity contribution >= 4 is 11.0 Å². The first-order valence-corrected chi connectivity index (χ1v) is 3.99. The van der Waals surface area contributed by atoms with Crippen molar-refractivity contribution in [1.82, 2.24) is 15.0 Å². The second-order valence-corrected chi connectivity index (χ2v) is 2.82. The van der Waals surface area contributed by atoms with E-state index >= 15 is 0 Å². The molecule has 1 aromatic heterocycles. The third-order valence-corrected chi connectivity index (χ3v) is 1.89. The molecule has 0 atom stereocenters. The van der Waals surface area contributed by atoms with Gasteiger partial charge in [-0.05, 0) is 12.1 Å². The molecule has 80 valence electrons. The highest BCUT2D eigenvalue weighted by Gasteiger charge is 2.34. The zero-order chi connectivity index (χ0) is 11.1. The second-order valence-electron chi connectivity index (χ2n) is 2.82. The summed E-state index contributed by atoms with van der Waals surface area (Å²) in [6, 6.07) is 4.08. The summed E-state index contributed by atoms with van der Waals surface area (Å²) in [6.45, 7) is 0. The van der Waals surface area contributed by atoms with Gasteiger partial charge in [0, 0.05) is 6.07 Å². The fraction of sp³-hybridized carbons (Fsp3) is 0.250. The van der Waals surface area contributed by atoms with E-state index in [4.69, 9.17) is 4.74 Å². The number of alkyl halides is 3. The molecule has 7 heteroatoms. The van der Waals surface area contributed by atoms with Crippen molar-refractivity contribution in [2.75, 3.05) is 7.11 Å². The molecule has 2 rings (SSSR count). The highest BCUT2D eigenvalue weighted by atomic mass is 19.4. The molecule has 0 unspecified atom stereocenters. The summed E-state index contributed by atoms with van der Waals surface area (Å²) >= 11 is 0. The number of hydrogen-bond donors (Lipinski definition) is 0. The Morgan fingerprint density at radius 3 is 2.67 bits per heavy atom. The number of benzene rings is 1. The number of methoxy groups -OCH3 is 1. The summed E-state index contributed by atoms with van der Waals surface area (Å²) in [6.07, 6.45) is -4.55. The zero-order valence-corrected chi connectivity index (χ0v) is 7.62. The van der Waals surface area contributed by atoms with E-state index in [0.717, 1.165) is 0 Å². The molecule has 0 spiro atoms. The number of ether oxygens (including phenoxy) is 1. The minimum absolute atomic E-state index is 0.0816. The van der Waals surface area contributed by atoms with Crippen LogP contribution in [0, 0.1) is 0 Å². The third kappa shape index (κ3) is 1.60. The van der Waals surface area contributed by atoms with Gasteiger partial charge in [-0.25, -0.2) is 0 Å². The topological polar surface area (TPSA) is 39.9 Å². The fourth-order valence-electron chi connectivity index (χ4n) is 1.22. The van der Waals surface area contributed by atoms with Crippen molar-refractivity contribution in [2.45, 2.75) is 6.30 Å². The maximum absolute atomic E-state index is 12.4. The molecule has 15 heavy (non-hydrogen) atoms. The lowest BCUT2D eigenvalue weighted by Crippen LogP contribution is -2.17. The molecule has 0 fully saturated rings. The maximum atomic E-state index is 12.4. The van der Waals surface area contributed by atoms with E-state index in [1.165, 1.54) is 25.3 Å². The number of hydrogen-bond acceptors (Lipinski definition) is 3. The molecule has 1 aromatic carbocycles. The average molecular weight is 217 g/mol. The van der Waals surface area contributed by atoms with E-state index in [9.17, 15) is 13.2 Å². The van der Waals surface area contributed by atoms with E-state index in [1.807, 2.05) is 0 Å². The van der Waals surface area contributed by atoms with Crippen LogP contribution in [-0.2, 0) is 6.30 Å². The van der Waals surface area contributed by atoms with Crippen molar-refractivity contribution in [1.29, 1.82) is 0 Å². The number of halogens is 3. The van der Waals surface area contributed by atoms with Gasteiger partial charge in [-0.15, -0.1) is 18.3 Å². The molecule has 2 aromatic rings. The number of fused-ring (bicyclic) bond motifs is 1. The summed E-state index contributed by atoms with van der Waals surface area (Å²) in [5, 5.41) is 6.43. The Bertz CT molecular complexity index is 491. The first-order chi connectivity index (χ1) is 7.02. The SMILES string of the molecule is COc1ccc2c(c1)nnn2C(F)(F)F. The average Bonchev–Trinajstić information content (AvgIpc) is 2.59. The van der Waals surface area contributed by atoms with E-state index in [-0.39, 0.29) is 15.7 Å². The minimum Gasteiger partial charge on any atom is -0.497 e. The molecule has 0 saturated carbocycles. The predicted octanol–water partition coefficient (Wildman–Crippen LogP) is 1.92. The van der Waals surface area contributed by atoms with E-state index in [0.29, 0.717) is 5.75 Å². The van der Waals surface area contributed by atoms with Crippen molar-refractivity contribution in [3.63, 3.8) is 0 Å². The van der Waals surface area contributed by atoms with Crippen LogP contribution < -0.4 is 4.74 Å². The second kappa shape index (κ2) is 3.11. The Balaban J connectivity index is 2.62. The lowest BCUT2D eigenvalue weighted by molar-refractivity contribution is -0.210. The largest absolute Gasteiger partial charge is 0.506 e. The van der Waals surface area contributed by atoms with Crippen LogP contribution in [0.2, 0.25) is 0 Å². The zero-order valence-electron chi connectivity index (χ0n) is 7.62. The molecule has 0 aliphatic rings. The Morgan fingerprint density at radius 1 is 1.33 bits per heavy atom. The molecule has 4 nitrogen and oxygen atoms in total. The Labute approximate surface area is 82.2 Å². The van der Waals surface area contributed by atoms with Crippen molar-refractivity contribution in [3.05, 3.63) is 18.2 Å². The van der Waals surface area contributed by atoms with Gasteiger partial charge in [0.1, 0.15) is 11.3 Å². The molecular formula is C8H6F3N3O. The summed E-state index contributed by atoms with van der Waals surface area (Å²) in [5.74, 6) is 0.441. The number of aromatic nitrogens is 3. The monoisotopic (exact) mass is 217 g/mol. The molecule has 0 bridgehead atoms. The molecule has 0 amide bonds. The van der Waals surface area contributed by atoms with Crippen LogP contribution in [0.4, 0.5) is 13.2 Å². The van der Waals surface area contributed by atoms with Crippen LogP contribution in [0.1, 0.15) is 0 Å². The normalized spacial score (nSPS) is 12.0. The van der Waals surface area contributed by atoms with Crippen molar-refractivity contribution in [3.8, 4) is 5.75 Å². The van der Waals surface area contributed by atoms with Crippen LogP contribution in [-0.4, -0.2) is 22.1 Å². The first kappa shape index (κ1) is 9.75. The highest BCUT2D eigenvalue weighted by Crippen LogP contribution is 2.27. The molecule has 0 aliphatic heterocycles. The quantitative estimate of drug-likeness (QED) is 0.732. The fourth-order valence-corrected chi connectivity index (χ4v) is 1.22. The van der Waals surface area contributed by atoms with Gasteiger partial charge in [0.25, 0.3) is 0 Å². The molecular weight excluding hydrogens is 211 g/mol. The van der Waals surface area contributed by atoms with E-state index < -0.39 is 6.30 Å². The van der Waals surface area contributed by atoms with Gasteiger partial charge in [0.15, 0.2) is 0 Å². The molecule has 0 radical (unpaired) electrons. The van der Waals surface area contributed by atoms with Gasteiger partial charge >= 0.3 is 6.30 Å². The standard InChI is InChI=1S/C8H6F3N3O/c1-15-5-2-3-7-6(4-5)12-13-14(7)8(9,10)11/h2-4H,1H3. The number of rotatable bonds is 1. The Kier molecular flexibility index (Phi) is 2.02. The smallest absolute Gasteiger partial charge is 0.497 e. The predicted molar refractivity (Wildman–Crippen MR) is 45.4 cm³/mol. The molecule has 0 N–H and O–H groups in total. The van der Waals surface area contributed by atoms with Gasteiger partial charge < -0.3 is 4.74 Å². The highest BCUT2D eigenvalue weighted by molar-refractivity contribution is 5.76. The number of nitrogens with zero attached hydrogens (tertiary/aromatic N) is 3. The summed E-state index contributed by atoms with van der Waals surface area (Å²) in [7, 11) is 1.43. The summed E-state index contributed by atoms with van der Waals surface area (Å²) < 4.78 is 41.9. The van der Waals surface area contributed by atoms with Gasteiger partial charge in [-0.1, -0.05) is 5.21 Å². The Morgan fingerprint density at radius 2 is 2.07 bits per heavy atom. The van der Waals surface area contributed by atoms with Gasteiger partial charge in [0.05, 0.1) is 12.6 Å². The van der Waals surface area contributed by atoms with Gasteiger partial charge in [-0.2, -0.15) is 4.68 Å². The molecule has 0 saturated heterocycles. The third-order valence-electron chi connectivity index (χ3n) is 1.89. The minimum atomic E-state index is -4.55. The lowest BCUT2D eigenvalue weighted by Gasteiger charge is -2.05. The Hall–Kier alpha value is -1.79. The van der Waals surface area contributed by atoms with Crippen LogP contribution in [0.25, 0.3) is 11.0 Å². The van der Waals surface area contributed by atoms with Crippen LogP contribution >= 0.6 is 0 Å². The van der Waals surface area contributed by atoms with E-state index in [1.54, 1.807) is 0 Å². The molecule has 1 heterocycles. The van der Waals surface area contributed by atoms with Crippen LogP contribution in [0.5, 0.6) is 5.75 Å². The van der Waals surface area contributed by atoms with Gasteiger partial charge in [-0.3, -0.25) is 0 Å².